The fourth-order valence-electron chi connectivity index (χ4n) is 6.69. The molecule has 3 saturated heterocycles. The van der Waals surface area contributed by atoms with Gasteiger partial charge in [0.1, 0.15) is 6.29 Å². The van der Waals surface area contributed by atoms with E-state index in [4.69, 9.17) is 0 Å². The van der Waals surface area contributed by atoms with Crippen LogP contribution >= 0.6 is 0 Å². The lowest BCUT2D eigenvalue weighted by atomic mass is 9.85. The largest absolute Gasteiger partial charge is 0.389 e. The van der Waals surface area contributed by atoms with Crippen molar-refractivity contribution in [2.24, 2.45) is 5.92 Å². The highest BCUT2D eigenvalue weighted by Gasteiger charge is 2.52. The number of hydrogen-bond acceptors (Lipinski definition) is 8. The van der Waals surface area contributed by atoms with Gasteiger partial charge in [0.25, 0.3) is 0 Å². The maximum atomic E-state index is 13.5. The molecule has 5 N–H and O–H groups in total. The van der Waals surface area contributed by atoms with E-state index in [0.717, 1.165) is 57.3 Å². The van der Waals surface area contributed by atoms with Crippen molar-refractivity contribution < 1.29 is 9.90 Å². The molecule has 6 atom stereocenters. The molecule has 0 radical (unpaired) electrons. The van der Waals surface area contributed by atoms with Crippen LogP contribution in [-0.4, -0.2) is 82.9 Å². The molecule has 0 aromatic heterocycles. The molecule has 2 bridgehead atoms. The number of allylic oxidation sites excluding steroid dienone is 1. The van der Waals surface area contributed by atoms with Crippen LogP contribution in [0.4, 0.5) is 5.69 Å². The SMILES string of the molecule is CN1CCc2ccc(NC3NCC4C(=O)N5C/C=C\CC[C@](C)(O)C6CCCC(N6)N5C4N3)cc2C1. The van der Waals surface area contributed by atoms with Gasteiger partial charge in [0.2, 0.25) is 5.91 Å². The van der Waals surface area contributed by atoms with Gasteiger partial charge in [-0.15, -0.1) is 0 Å². The Morgan fingerprint density at radius 2 is 2.06 bits per heavy atom. The highest BCUT2D eigenvalue weighted by molar-refractivity contribution is 5.82. The maximum absolute atomic E-state index is 13.5. The summed E-state index contributed by atoms with van der Waals surface area (Å²) in [6.07, 6.45) is 9.51. The van der Waals surface area contributed by atoms with E-state index in [1.165, 1.54) is 11.1 Å². The molecule has 0 saturated carbocycles. The zero-order valence-electron chi connectivity index (χ0n) is 21.5. The van der Waals surface area contributed by atoms with Gasteiger partial charge in [0, 0.05) is 31.4 Å². The number of fused-ring (bicyclic) bond motifs is 7. The molecule has 0 spiro atoms. The third-order valence-electron chi connectivity index (χ3n) is 8.81. The van der Waals surface area contributed by atoms with Gasteiger partial charge in [-0.2, -0.15) is 5.01 Å². The van der Waals surface area contributed by atoms with Crippen molar-refractivity contribution in [1.82, 2.24) is 30.9 Å². The van der Waals surface area contributed by atoms with Crippen LogP contribution in [0.3, 0.4) is 0 Å². The number of amides is 1. The lowest BCUT2D eigenvalue weighted by Crippen LogP contribution is -2.69. The summed E-state index contributed by atoms with van der Waals surface area (Å²) in [5.74, 6) is 0.00843. The Morgan fingerprint density at radius 3 is 2.94 bits per heavy atom. The molecule has 6 rings (SSSR count). The number of hydrazine groups is 1. The van der Waals surface area contributed by atoms with Crippen LogP contribution < -0.4 is 21.3 Å². The van der Waals surface area contributed by atoms with E-state index in [1.54, 1.807) is 0 Å². The number of nitrogens with one attached hydrogen (secondary N) is 4. The van der Waals surface area contributed by atoms with Crippen LogP contribution in [0.1, 0.15) is 50.2 Å². The quantitative estimate of drug-likeness (QED) is 0.390. The summed E-state index contributed by atoms with van der Waals surface area (Å²) in [7, 11) is 2.17. The van der Waals surface area contributed by atoms with E-state index < -0.39 is 5.60 Å². The Balaban J connectivity index is 1.23. The number of piperidine rings is 1. The molecule has 36 heavy (non-hydrogen) atoms. The number of benzene rings is 1. The van der Waals surface area contributed by atoms with Crippen molar-refractivity contribution in [1.29, 1.82) is 0 Å². The van der Waals surface area contributed by atoms with Crippen molar-refractivity contribution in [3.05, 3.63) is 41.5 Å². The minimum absolute atomic E-state index is 0.00575. The molecule has 5 aliphatic rings. The van der Waals surface area contributed by atoms with Gasteiger partial charge in [0.05, 0.1) is 30.4 Å². The normalized spacial score (nSPS) is 38.5. The van der Waals surface area contributed by atoms with Gasteiger partial charge in [-0.3, -0.25) is 25.8 Å². The van der Waals surface area contributed by atoms with Crippen molar-refractivity contribution in [2.45, 2.75) is 82.3 Å². The average molecular weight is 496 g/mol. The molecule has 1 amide bonds. The Morgan fingerprint density at radius 1 is 1.17 bits per heavy atom. The fraction of sp³-hybridized carbons (Fsp3) is 0.667. The molecule has 9 heteroatoms. The van der Waals surface area contributed by atoms with Crippen molar-refractivity contribution in [3.8, 4) is 0 Å². The highest BCUT2D eigenvalue weighted by atomic mass is 16.3. The average Bonchev–Trinajstić information content (AvgIpc) is 3.13. The number of carbonyl (C=O) groups is 1. The van der Waals surface area contributed by atoms with E-state index in [2.05, 4.69) is 68.6 Å². The fourth-order valence-corrected chi connectivity index (χ4v) is 6.69. The molecule has 1 aromatic carbocycles. The number of carbonyl (C=O) groups excluding carboxylic acids is 1. The van der Waals surface area contributed by atoms with Gasteiger partial charge in [-0.05, 0) is 75.8 Å². The van der Waals surface area contributed by atoms with Gasteiger partial charge >= 0.3 is 0 Å². The molecular formula is C27H41N7O2. The van der Waals surface area contributed by atoms with E-state index in [1.807, 2.05) is 11.9 Å². The Labute approximate surface area is 214 Å². The second kappa shape index (κ2) is 9.70. The van der Waals surface area contributed by atoms with Crippen LogP contribution in [0.2, 0.25) is 0 Å². The van der Waals surface area contributed by atoms with Crippen molar-refractivity contribution in [2.75, 3.05) is 32.0 Å². The zero-order valence-corrected chi connectivity index (χ0v) is 21.5. The predicted molar refractivity (Wildman–Crippen MR) is 139 cm³/mol. The minimum Gasteiger partial charge on any atom is -0.389 e. The second-order valence-electron chi connectivity index (χ2n) is 11.5. The van der Waals surface area contributed by atoms with E-state index >= 15 is 0 Å². The molecule has 0 aliphatic carbocycles. The van der Waals surface area contributed by atoms with Crippen molar-refractivity contribution in [3.63, 3.8) is 0 Å². The molecule has 5 heterocycles. The molecule has 9 nitrogen and oxygen atoms in total. The van der Waals surface area contributed by atoms with E-state index in [-0.39, 0.29) is 36.5 Å². The Kier molecular flexibility index (Phi) is 6.56. The van der Waals surface area contributed by atoms with Gasteiger partial charge in [0.15, 0.2) is 0 Å². The summed E-state index contributed by atoms with van der Waals surface area (Å²) in [6, 6.07) is 6.69. The van der Waals surface area contributed by atoms with Crippen LogP contribution in [0, 0.1) is 5.92 Å². The van der Waals surface area contributed by atoms with Gasteiger partial charge in [-0.1, -0.05) is 18.2 Å². The zero-order chi connectivity index (χ0) is 24.9. The maximum Gasteiger partial charge on any atom is 0.244 e. The first-order valence-corrected chi connectivity index (χ1v) is 13.7. The van der Waals surface area contributed by atoms with Crippen LogP contribution in [-0.2, 0) is 17.8 Å². The van der Waals surface area contributed by atoms with Gasteiger partial charge in [-0.25, -0.2) is 0 Å². The standard InChI is InChI=1S/C27H41N7O2/c1-27(36)12-4-3-5-13-33-25(35)21-16-28-26(31-24(21)34(33)23-8-6-7-22(27)30-23)29-20-10-9-18-11-14-32(2)17-19(18)15-20/h3,5,9-10,15,21-24,26,28-31,36H,4,6-8,11-14,16-17H2,1-2H3/b5-3-/t21?,22?,23?,24?,26?,27-/m0/s1. The van der Waals surface area contributed by atoms with Crippen LogP contribution in [0.5, 0.6) is 0 Å². The minimum atomic E-state index is -0.770. The Bertz CT molecular complexity index is 1010. The summed E-state index contributed by atoms with van der Waals surface area (Å²) in [5, 5.41) is 30.0. The molecular weight excluding hydrogens is 454 g/mol. The summed E-state index contributed by atoms with van der Waals surface area (Å²) in [4.78, 5) is 15.9. The second-order valence-corrected chi connectivity index (χ2v) is 11.5. The van der Waals surface area contributed by atoms with Crippen molar-refractivity contribution >= 4 is 11.6 Å². The third-order valence-corrected chi connectivity index (χ3v) is 8.81. The van der Waals surface area contributed by atoms with E-state index in [9.17, 15) is 9.90 Å². The third kappa shape index (κ3) is 4.57. The number of aliphatic hydroxyl groups is 1. The van der Waals surface area contributed by atoms with E-state index in [0.29, 0.717) is 13.1 Å². The Hall–Kier alpha value is -2.01. The molecule has 5 aliphatic heterocycles. The van der Waals surface area contributed by atoms with Crippen LogP contribution in [0.15, 0.2) is 30.4 Å². The lowest BCUT2D eigenvalue weighted by Gasteiger charge is -2.47. The van der Waals surface area contributed by atoms with Crippen LogP contribution in [0.25, 0.3) is 0 Å². The predicted octanol–water partition coefficient (Wildman–Crippen LogP) is 1.13. The summed E-state index contributed by atoms with van der Waals surface area (Å²) >= 11 is 0. The smallest absolute Gasteiger partial charge is 0.244 e. The topological polar surface area (TPSA) is 95.1 Å². The number of likely N-dealkylation sites (N-methyl/N-ethyl adjacent to an activating group) is 1. The molecule has 196 valence electrons. The first-order chi connectivity index (χ1) is 17.4. The first-order valence-electron chi connectivity index (χ1n) is 13.7. The first kappa shape index (κ1) is 24.3. The highest BCUT2D eigenvalue weighted by Crippen LogP contribution is 2.34. The van der Waals surface area contributed by atoms with Gasteiger partial charge < -0.3 is 15.3 Å². The molecule has 5 unspecified atom stereocenters. The number of nitrogens with zero attached hydrogens (tertiary/aromatic N) is 3. The molecule has 1 aromatic rings. The monoisotopic (exact) mass is 495 g/mol. The number of hydrogen-bond donors (Lipinski definition) is 5. The summed E-state index contributed by atoms with van der Waals surface area (Å²) < 4.78 is 0. The number of anilines is 1. The summed E-state index contributed by atoms with van der Waals surface area (Å²) in [6.45, 7) is 5.22. The number of rotatable bonds is 2. The molecule has 3 fully saturated rings. The lowest BCUT2D eigenvalue weighted by molar-refractivity contribution is -0.146. The summed E-state index contributed by atoms with van der Waals surface area (Å²) in [5.41, 5.74) is 3.13.